The van der Waals surface area contributed by atoms with Crippen LogP contribution in [0.2, 0.25) is 0 Å². The van der Waals surface area contributed by atoms with Gasteiger partial charge in [-0.05, 0) is 60.0 Å². The number of carboxylic acids is 1. The molecule has 0 saturated carbocycles. The summed E-state index contributed by atoms with van der Waals surface area (Å²) in [6.45, 7) is 2.41. The number of nitrogens with two attached hydrogens (primary N) is 1. The van der Waals surface area contributed by atoms with Crippen LogP contribution in [0.5, 0.6) is 0 Å². The zero-order chi connectivity index (χ0) is 24.0. The van der Waals surface area contributed by atoms with Crippen molar-refractivity contribution in [2.45, 2.75) is 13.3 Å². The van der Waals surface area contributed by atoms with Crippen molar-refractivity contribution in [2.24, 2.45) is 5.73 Å². The molecule has 0 aliphatic heterocycles. The molecule has 8 heteroatoms. The van der Waals surface area contributed by atoms with Gasteiger partial charge in [0.1, 0.15) is 5.84 Å². The molecule has 0 spiro atoms. The standard InChI is InChI=1S/C25H24N4O4/c1-2-13-28-23(30)16-9-12-19(21(14-16)25(32)33)18-5-3-4-6-20(18)24(31)29-17-10-7-15(8-11-17)22(26)27/h3-12,14H,2,13H2,1H3,(H3,26,27)(H,28,30)(H,29,31)(H,32,33). The number of carboxylic acid groups (broad SMARTS) is 1. The van der Waals surface area contributed by atoms with Gasteiger partial charge in [-0.1, -0.05) is 31.2 Å². The lowest BCUT2D eigenvalue weighted by atomic mass is 9.93. The van der Waals surface area contributed by atoms with Crippen LogP contribution in [-0.2, 0) is 0 Å². The van der Waals surface area contributed by atoms with E-state index < -0.39 is 11.9 Å². The van der Waals surface area contributed by atoms with Crippen molar-refractivity contribution in [2.75, 3.05) is 11.9 Å². The number of nitrogens with one attached hydrogen (secondary N) is 3. The van der Waals surface area contributed by atoms with Crippen LogP contribution < -0.4 is 16.4 Å². The average Bonchev–Trinajstić information content (AvgIpc) is 2.82. The molecular formula is C25H24N4O4. The van der Waals surface area contributed by atoms with Gasteiger partial charge in [0.25, 0.3) is 11.8 Å². The Morgan fingerprint density at radius 3 is 2.15 bits per heavy atom. The number of nitrogen functional groups attached to an aromatic ring is 1. The van der Waals surface area contributed by atoms with E-state index in [1.54, 1.807) is 54.6 Å². The van der Waals surface area contributed by atoms with Crippen LogP contribution in [0.3, 0.4) is 0 Å². The Hall–Kier alpha value is -4.46. The first-order valence-electron chi connectivity index (χ1n) is 10.3. The van der Waals surface area contributed by atoms with Crippen LogP contribution in [0.4, 0.5) is 5.69 Å². The van der Waals surface area contributed by atoms with Crippen LogP contribution in [-0.4, -0.2) is 35.3 Å². The minimum atomic E-state index is -1.20. The molecule has 0 saturated heterocycles. The minimum absolute atomic E-state index is 0.0776. The summed E-state index contributed by atoms with van der Waals surface area (Å²) < 4.78 is 0. The lowest BCUT2D eigenvalue weighted by Crippen LogP contribution is -2.24. The third kappa shape index (κ3) is 5.43. The number of benzene rings is 3. The molecule has 0 aliphatic carbocycles. The fourth-order valence-corrected chi connectivity index (χ4v) is 3.29. The fourth-order valence-electron chi connectivity index (χ4n) is 3.29. The van der Waals surface area contributed by atoms with Crippen LogP contribution in [0.1, 0.15) is 50.0 Å². The highest BCUT2D eigenvalue weighted by molar-refractivity contribution is 6.11. The maximum Gasteiger partial charge on any atom is 0.336 e. The van der Waals surface area contributed by atoms with Crippen LogP contribution in [0.15, 0.2) is 66.7 Å². The zero-order valence-corrected chi connectivity index (χ0v) is 18.0. The van der Waals surface area contributed by atoms with Crippen LogP contribution >= 0.6 is 0 Å². The van der Waals surface area contributed by atoms with Gasteiger partial charge in [-0.25, -0.2) is 4.79 Å². The molecule has 3 rings (SSSR count). The minimum Gasteiger partial charge on any atom is -0.478 e. The van der Waals surface area contributed by atoms with E-state index in [4.69, 9.17) is 11.1 Å². The summed E-state index contributed by atoms with van der Waals surface area (Å²) in [5, 5.41) is 22.7. The molecule has 3 aromatic rings. The lowest BCUT2D eigenvalue weighted by molar-refractivity contribution is 0.0697. The summed E-state index contributed by atoms with van der Waals surface area (Å²) in [4.78, 5) is 37.3. The lowest BCUT2D eigenvalue weighted by Gasteiger charge is -2.14. The molecule has 0 fully saturated rings. The number of carbonyl (C=O) groups is 3. The Morgan fingerprint density at radius 2 is 1.52 bits per heavy atom. The molecule has 0 bridgehead atoms. The SMILES string of the molecule is CCCNC(=O)c1ccc(-c2ccccc2C(=O)Nc2ccc(C(=N)N)cc2)c(C(=O)O)c1. The Balaban J connectivity index is 1.96. The molecule has 33 heavy (non-hydrogen) atoms. The summed E-state index contributed by atoms with van der Waals surface area (Å²) in [5.74, 6) is -2.07. The van der Waals surface area contributed by atoms with Gasteiger partial charge in [0.2, 0.25) is 0 Å². The summed E-state index contributed by atoms with van der Waals surface area (Å²) in [7, 11) is 0. The van der Waals surface area contributed by atoms with Gasteiger partial charge in [-0.15, -0.1) is 0 Å². The molecule has 3 aromatic carbocycles. The predicted octanol–water partition coefficient (Wildman–Crippen LogP) is 3.73. The molecular weight excluding hydrogens is 420 g/mol. The van der Waals surface area contributed by atoms with E-state index in [9.17, 15) is 19.5 Å². The Bertz CT molecular complexity index is 1220. The maximum absolute atomic E-state index is 13.0. The van der Waals surface area contributed by atoms with E-state index in [0.717, 1.165) is 6.42 Å². The molecule has 0 aliphatic rings. The van der Waals surface area contributed by atoms with Gasteiger partial charge in [-0.2, -0.15) is 0 Å². The molecule has 8 nitrogen and oxygen atoms in total. The van der Waals surface area contributed by atoms with E-state index in [1.165, 1.54) is 12.1 Å². The quantitative estimate of drug-likeness (QED) is 0.265. The molecule has 168 valence electrons. The number of rotatable bonds is 8. The van der Waals surface area contributed by atoms with Crippen molar-refractivity contribution in [3.8, 4) is 11.1 Å². The zero-order valence-electron chi connectivity index (χ0n) is 18.0. The van der Waals surface area contributed by atoms with Gasteiger partial charge in [0.05, 0.1) is 5.56 Å². The summed E-state index contributed by atoms with van der Waals surface area (Å²) >= 11 is 0. The van der Waals surface area contributed by atoms with Crippen molar-refractivity contribution in [1.29, 1.82) is 5.41 Å². The van der Waals surface area contributed by atoms with E-state index in [2.05, 4.69) is 10.6 Å². The van der Waals surface area contributed by atoms with E-state index in [-0.39, 0.29) is 28.4 Å². The van der Waals surface area contributed by atoms with Crippen molar-refractivity contribution in [1.82, 2.24) is 5.32 Å². The van der Waals surface area contributed by atoms with Crippen LogP contribution in [0.25, 0.3) is 11.1 Å². The highest BCUT2D eigenvalue weighted by Crippen LogP contribution is 2.29. The molecule has 0 heterocycles. The number of anilines is 1. The Labute approximate surface area is 191 Å². The second-order valence-electron chi connectivity index (χ2n) is 7.31. The van der Waals surface area contributed by atoms with E-state index in [0.29, 0.717) is 28.9 Å². The number of amides is 2. The first-order valence-corrected chi connectivity index (χ1v) is 10.3. The summed E-state index contributed by atoms with van der Waals surface area (Å²) in [6, 6.07) is 17.6. The Morgan fingerprint density at radius 1 is 0.879 bits per heavy atom. The van der Waals surface area contributed by atoms with E-state index >= 15 is 0 Å². The van der Waals surface area contributed by atoms with Crippen molar-refractivity contribution in [3.05, 3.63) is 89.0 Å². The molecule has 2 amide bonds. The summed E-state index contributed by atoms with van der Waals surface area (Å²) in [6.07, 6.45) is 0.760. The molecule has 0 atom stereocenters. The normalized spacial score (nSPS) is 10.3. The smallest absolute Gasteiger partial charge is 0.336 e. The van der Waals surface area contributed by atoms with Gasteiger partial charge in [0.15, 0.2) is 0 Å². The number of carbonyl (C=O) groups excluding carboxylic acids is 2. The monoisotopic (exact) mass is 444 g/mol. The highest BCUT2D eigenvalue weighted by atomic mass is 16.4. The van der Waals surface area contributed by atoms with Gasteiger partial charge in [0, 0.05) is 28.9 Å². The van der Waals surface area contributed by atoms with Gasteiger partial charge < -0.3 is 21.5 Å². The highest BCUT2D eigenvalue weighted by Gasteiger charge is 2.20. The molecule has 0 aromatic heterocycles. The second-order valence-corrected chi connectivity index (χ2v) is 7.31. The van der Waals surface area contributed by atoms with Crippen molar-refractivity contribution in [3.63, 3.8) is 0 Å². The predicted molar refractivity (Wildman–Crippen MR) is 127 cm³/mol. The largest absolute Gasteiger partial charge is 0.478 e. The molecule has 0 radical (unpaired) electrons. The topological polar surface area (TPSA) is 145 Å². The van der Waals surface area contributed by atoms with Crippen molar-refractivity contribution < 1.29 is 19.5 Å². The number of hydrogen-bond donors (Lipinski definition) is 5. The molecule has 6 N–H and O–H groups in total. The number of amidine groups is 1. The molecule has 0 unspecified atom stereocenters. The van der Waals surface area contributed by atoms with E-state index in [1.807, 2.05) is 6.92 Å². The number of hydrogen-bond acceptors (Lipinski definition) is 4. The van der Waals surface area contributed by atoms with Gasteiger partial charge in [-0.3, -0.25) is 15.0 Å². The first-order chi connectivity index (χ1) is 15.8. The third-order valence-corrected chi connectivity index (χ3v) is 4.96. The third-order valence-electron chi connectivity index (χ3n) is 4.96. The fraction of sp³-hybridized carbons (Fsp3) is 0.120. The van der Waals surface area contributed by atoms with Crippen molar-refractivity contribution >= 4 is 29.3 Å². The maximum atomic E-state index is 13.0. The summed E-state index contributed by atoms with van der Waals surface area (Å²) in [5.41, 5.74) is 7.67. The number of aromatic carboxylic acids is 1. The van der Waals surface area contributed by atoms with Gasteiger partial charge >= 0.3 is 5.97 Å². The average molecular weight is 444 g/mol. The first kappa shape index (κ1) is 23.2. The Kier molecular flexibility index (Phi) is 7.20. The van der Waals surface area contributed by atoms with Crippen LogP contribution in [0, 0.1) is 5.41 Å². The second kappa shape index (κ2) is 10.2.